The number of hydrogen-bond donors (Lipinski definition) is 0. The standard InChI is InChI=1S/C15H19ClN2O3/c1-3-21-15(20)18-8-6-17(7-9-18)14-5-4-12(11(2)19)10-13(14)16/h4-5,10H,3,6-9H2,1-2H3. The average molecular weight is 311 g/mol. The molecule has 0 aliphatic carbocycles. The highest BCUT2D eigenvalue weighted by Crippen LogP contribution is 2.28. The Labute approximate surface area is 129 Å². The molecule has 1 heterocycles. The monoisotopic (exact) mass is 310 g/mol. The summed E-state index contributed by atoms with van der Waals surface area (Å²) in [5, 5.41) is 0.562. The molecule has 114 valence electrons. The molecule has 21 heavy (non-hydrogen) atoms. The van der Waals surface area contributed by atoms with Crippen LogP contribution in [0.1, 0.15) is 24.2 Å². The van der Waals surface area contributed by atoms with E-state index < -0.39 is 0 Å². The van der Waals surface area contributed by atoms with Crippen LogP contribution in [0.15, 0.2) is 18.2 Å². The molecular weight excluding hydrogens is 292 g/mol. The van der Waals surface area contributed by atoms with Crippen LogP contribution >= 0.6 is 11.6 Å². The van der Waals surface area contributed by atoms with Gasteiger partial charge < -0.3 is 14.5 Å². The SMILES string of the molecule is CCOC(=O)N1CCN(c2ccc(C(C)=O)cc2Cl)CC1. The van der Waals surface area contributed by atoms with Gasteiger partial charge in [-0.25, -0.2) is 4.79 Å². The third-order valence-electron chi connectivity index (χ3n) is 3.50. The molecule has 1 aromatic rings. The first-order valence-electron chi connectivity index (χ1n) is 7.00. The van der Waals surface area contributed by atoms with Crippen LogP contribution in [0, 0.1) is 0 Å². The molecule has 1 aliphatic heterocycles. The van der Waals surface area contributed by atoms with Gasteiger partial charge in [-0.2, -0.15) is 0 Å². The van der Waals surface area contributed by atoms with Crippen molar-refractivity contribution in [1.82, 2.24) is 4.90 Å². The molecule has 6 heteroatoms. The molecular formula is C15H19ClN2O3. The highest BCUT2D eigenvalue weighted by molar-refractivity contribution is 6.33. The number of halogens is 1. The zero-order valence-corrected chi connectivity index (χ0v) is 13.0. The zero-order chi connectivity index (χ0) is 15.4. The molecule has 1 aliphatic rings. The van der Waals surface area contributed by atoms with Crippen molar-refractivity contribution in [3.63, 3.8) is 0 Å². The maximum Gasteiger partial charge on any atom is 0.409 e. The van der Waals surface area contributed by atoms with Gasteiger partial charge in [0.1, 0.15) is 0 Å². The van der Waals surface area contributed by atoms with Crippen molar-refractivity contribution in [3.05, 3.63) is 28.8 Å². The third kappa shape index (κ3) is 3.67. The predicted octanol–water partition coefficient (Wildman–Crippen LogP) is 2.82. The largest absolute Gasteiger partial charge is 0.450 e. The predicted molar refractivity (Wildman–Crippen MR) is 82.3 cm³/mol. The van der Waals surface area contributed by atoms with E-state index in [-0.39, 0.29) is 11.9 Å². The minimum atomic E-state index is -0.268. The van der Waals surface area contributed by atoms with Crippen LogP contribution in [-0.4, -0.2) is 49.6 Å². The van der Waals surface area contributed by atoms with Crippen LogP contribution in [0.3, 0.4) is 0 Å². The number of carbonyl (C=O) groups excluding carboxylic acids is 2. The molecule has 0 N–H and O–H groups in total. The molecule has 0 unspecified atom stereocenters. The lowest BCUT2D eigenvalue weighted by atomic mass is 10.1. The van der Waals surface area contributed by atoms with Gasteiger partial charge in [-0.15, -0.1) is 0 Å². The van der Waals surface area contributed by atoms with E-state index >= 15 is 0 Å². The molecule has 0 atom stereocenters. The molecule has 2 rings (SSSR count). The van der Waals surface area contributed by atoms with Crippen molar-refractivity contribution < 1.29 is 14.3 Å². The molecule has 0 bridgehead atoms. The van der Waals surface area contributed by atoms with Gasteiger partial charge in [-0.1, -0.05) is 11.6 Å². The number of benzene rings is 1. The highest BCUT2D eigenvalue weighted by atomic mass is 35.5. The lowest BCUT2D eigenvalue weighted by molar-refractivity contribution is 0.101. The van der Waals surface area contributed by atoms with E-state index in [9.17, 15) is 9.59 Å². The number of anilines is 1. The normalized spacial score (nSPS) is 15.0. The number of ketones is 1. The summed E-state index contributed by atoms with van der Waals surface area (Å²) in [4.78, 5) is 26.8. The number of carbonyl (C=O) groups is 2. The molecule has 0 spiro atoms. The molecule has 0 saturated carbocycles. The van der Waals surface area contributed by atoms with Crippen molar-refractivity contribution in [1.29, 1.82) is 0 Å². The lowest BCUT2D eigenvalue weighted by Crippen LogP contribution is -2.49. The number of ether oxygens (including phenoxy) is 1. The van der Waals surface area contributed by atoms with Crippen molar-refractivity contribution in [2.24, 2.45) is 0 Å². The molecule has 0 radical (unpaired) electrons. The van der Waals surface area contributed by atoms with Gasteiger partial charge in [-0.3, -0.25) is 4.79 Å². The summed E-state index contributed by atoms with van der Waals surface area (Å²) < 4.78 is 4.99. The van der Waals surface area contributed by atoms with Crippen LogP contribution in [-0.2, 0) is 4.74 Å². The lowest BCUT2D eigenvalue weighted by Gasteiger charge is -2.35. The summed E-state index contributed by atoms with van der Waals surface area (Å²) in [6.45, 7) is 6.29. The van der Waals surface area contributed by atoms with Crippen LogP contribution in [0.25, 0.3) is 0 Å². The second kappa shape index (κ2) is 6.80. The number of piperazine rings is 1. The van der Waals surface area contributed by atoms with Gasteiger partial charge >= 0.3 is 6.09 Å². The maximum atomic E-state index is 11.6. The maximum absolute atomic E-state index is 11.6. The molecule has 1 fully saturated rings. The number of hydrogen-bond acceptors (Lipinski definition) is 4. The fourth-order valence-electron chi connectivity index (χ4n) is 2.33. The van der Waals surface area contributed by atoms with Crippen molar-refractivity contribution in [3.8, 4) is 0 Å². The number of nitrogens with zero attached hydrogens (tertiary/aromatic N) is 2. The van der Waals surface area contributed by atoms with E-state index in [4.69, 9.17) is 16.3 Å². The fraction of sp³-hybridized carbons (Fsp3) is 0.467. The number of Topliss-reactive ketones (excluding diaryl/α,β-unsaturated/α-hetero) is 1. The summed E-state index contributed by atoms with van der Waals surface area (Å²) in [5.74, 6) is -0.00409. The number of rotatable bonds is 3. The van der Waals surface area contributed by atoms with Crippen molar-refractivity contribution >= 4 is 29.2 Å². The Morgan fingerprint density at radius 1 is 1.24 bits per heavy atom. The quantitative estimate of drug-likeness (QED) is 0.806. The van der Waals surface area contributed by atoms with Gasteiger partial charge in [0.05, 0.1) is 17.3 Å². The molecule has 5 nitrogen and oxygen atoms in total. The van der Waals surface area contributed by atoms with E-state index in [1.54, 1.807) is 24.0 Å². The topological polar surface area (TPSA) is 49.9 Å². The summed E-state index contributed by atoms with van der Waals surface area (Å²) in [6.07, 6.45) is -0.268. The first kappa shape index (κ1) is 15.6. The van der Waals surface area contributed by atoms with Gasteiger partial charge in [0.2, 0.25) is 0 Å². The van der Waals surface area contributed by atoms with Crippen molar-refractivity contribution in [2.45, 2.75) is 13.8 Å². The summed E-state index contributed by atoms with van der Waals surface area (Å²) in [6, 6.07) is 5.33. The van der Waals surface area contributed by atoms with Crippen LogP contribution in [0.4, 0.5) is 10.5 Å². The highest BCUT2D eigenvalue weighted by Gasteiger charge is 2.23. The van der Waals surface area contributed by atoms with Crippen LogP contribution < -0.4 is 4.90 Å². The van der Waals surface area contributed by atoms with Gasteiger partial charge in [-0.05, 0) is 32.0 Å². The molecule has 0 aromatic heterocycles. The third-order valence-corrected chi connectivity index (χ3v) is 3.80. The van der Waals surface area contributed by atoms with E-state index in [2.05, 4.69) is 4.90 Å². The Balaban J connectivity index is 2.02. The Hall–Kier alpha value is -1.75. The van der Waals surface area contributed by atoms with Gasteiger partial charge in [0, 0.05) is 31.7 Å². The minimum Gasteiger partial charge on any atom is -0.450 e. The van der Waals surface area contributed by atoms with Gasteiger partial charge in [0.15, 0.2) is 5.78 Å². The Kier molecular flexibility index (Phi) is 5.07. The molecule has 1 saturated heterocycles. The second-order valence-corrected chi connectivity index (χ2v) is 5.30. The minimum absolute atomic E-state index is 0.00409. The molecule has 1 amide bonds. The van der Waals surface area contributed by atoms with E-state index in [1.165, 1.54) is 6.92 Å². The Morgan fingerprint density at radius 3 is 2.43 bits per heavy atom. The average Bonchev–Trinajstić information content (AvgIpc) is 2.47. The summed E-state index contributed by atoms with van der Waals surface area (Å²) in [7, 11) is 0. The first-order chi connectivity index (χ1) is 10.0. The van der Waals surface area contributed by atoms with Crippen LogP contribution in [0.2, 0.25) is 5.02 Å². The van der Waals surface area contributed by atoms with Crippen LogP contribution in [0.5, 0.6) is 0 Å². The molecule has 1 aromatic carbocycles. The smallest absolute Gasteiger partial charge is 0.409 e. The van der Waals surface area contributed by atoms with Gasteiger partial charge in [0.25, 0.3) is 0 Å². The fourth-order valence-corrected chi connectivity index (χ4v) is 2.63. The van der Waals surface area contributed by atoms with E-state index in [0.717, 1.165) is 5.69 Å². The zero-order valence-electron chi connectivity index (χ0n) is 12.3. The van der Waals surface area contributed by atoms with E-state index in [0.29, 0.717) is 43.4 Å². The summed E-state index contributed by atoms with van der Waals surface area (Å²) in [5.41, 5.74) is 1.50. The van der Waals surface area contributed by atoms with Crippen molar-refractivity contribution in [2.75, 3.05) is 37.7 Å². The summed E-state index contributed by atoms with van der Waals surface area (Å²) >= 11 is 6.26. The second-order valence-electron chi connectivity index (χ2n) is 4.90. The number of amides is 1. The Bertz CT molecular complexity index is 540. The van der Waals surface area contributed by atoms with E-state index in [1.807, 2.05) is 6.07 Å². The Morgan fingerprint density at radius 2 is 1.90 bits per heavy atom. The first-order valence-corrected chi connectivity index (χ1v) is 7.38.